The number of aliphatic hydroxyl groups excluding tert-OH is 1. The van der Waals surface area contributed by atoms with E-state index in [9.17, 15) is 0 Å². The van der Waals surface area contributed by atoms with Gasteiger partial charge in [-0.2, -0.15) is 20.1 Å². The van der Waals surface area contributed by atoms with Crippen molar-refractivity contribution in [3.63, 3.8) is 0 Å². The van der Waals surface area contributed by atoms with Crippen LogP contribution in [0.15, 0.2) is 18.5 Å². The van der Waals surface area contributed by atoms with Crippen LogP contribution >= 0.6 is 0 Å². The average molecular weight is 237 g/mol. The summed E-state index contributed by atoms with van der Waals surface area (Å²) in [6, 6.07) is 1.79. The molecule has 4 N–H and O–H groups in total. The van der Waals surface area contributed by atoms with Crippen molar-refractivity contribution in [2.45, 2.75) is 0 Å². The van der Waals surface area contributed by atoms with Crippen molar-refractivity contribution >= 4 is 5.95 Å². The smallest absolute Gasteiger partial charge is 0.323 e. The van der Waals surface area contributed by atoms with E-state index in [1.54, 1.807) is 18.5 Å². The number of anilines is 1. The van der Waals surface area contributed by atoms with Crippen LogP contribution in [0.5, 0.6) is 6.01 Å². The Morgan fingerprint density at radius 1 is 1.41 bits per heavy atom. The molecule has 0 bridgehead atoms. The second-order valence-corrected chi connectivity index (χ2v) is 2.91. The number of aliphatic hydroxyl groups is 1. The summed E-state index contributed by atoms with van der Waals surface area (Å²) in [5, 5.41) is 12.6. The van der Waals surface area contributed by atoms with Crippen LogP contribution in [0.1, 0.15) is 0 Å². The van der Waals surface area contributed by atoms with Crippen LogP contribution < -0.4 is 16.0 Å². The monoisotopic (exact) mass is 237 g/mol. The van der Waals surface area contributed by atoms with Crippen molar-refractivity contribution < 1.29 is 9.84 Å². The van der Waals surface area contributed by atoms with Crippen LogP contribution in [-0.2, 0) is 0 Å². The van der Waals surface area contributed by atoms with Gasteiger partial charge in [0.1, 0.15) is 6.61 Å². The van der Waals surface area contributed by atoms with Crippen LogP contribution in [-0.4, -0.2) is 43.1 Å². The van der Waals surface area contributed by atoms with Gasteiger partial charge in [0, 0.05) is 12.4 Å². The minimum Gasteiger partial charge on any atom is -0.461 e. The number of aromatic nitrogens is 5. The highest BCUT2D eigenvalue weighted by Crippen LogP contribution is 2.09. The third kappa shape index (κ3) is 2.65. The summed E-state index contributed by atoms with van der Waals surface area (Å²) in [6.07, 6.45) is 3.26. The lowest BCUT2D eigenvalue weighted by Gasteiger charge is -2.06. The molecule has 0 saturated heterocycles. The van der Waals surface area contributed by atoms with E-state index in [0.29, 0.717) is 0 Å². The van der Waals surface area contributed by atoms with E-state index >= 15 is 0 Å². The summed E-state index contributed by atoms with van der Waals surface area (Å²) in [5.74, 6) is 5.65. The van der Waals surface area contributed by atoms with Crippen molar-refractivity contribution in [3.8, 4) is 12.0 Å². The molecule has 0 radical (unpaired) electrons. The first-order valence-corrected chi connectivity index (χ1v) is 4.80. The summed E-state index contributed by atoms with van der Waals surface area (Å²) < 4.78 is 6.53. The summed E-state index contributed by atoms with van der Waals surface area (Å²) in [7, 11) is 0. The van der Waals surface area contributed by atoms with E-state index in [1.807, 2.05) is 0 Å². The molecule has 90 valence electrons. The fraction of sp³-hybridized carbons (Fsp3) is 0.250. The standard InChI is InChI=1S/C8H11N7O2/c9-14-6-11-7(15-3-1-2-10-15)13-8(12-6)17-5-4-16/h1-3,16H,4-5,9H2,(H,11,12,13,14). The topological polar surface area (TPSA) is 124 Å². The molecular weight excluding hydrogens is 226 g/mol. The molecule has 17 heavy (non-hydrogen) atoms. The zero-order valence-electron chi connectivity index (χ0n) is 8.82. The highest BCUT2D eigenvalue weighted by molar-refractivity contribution is 5.28. The highest BCUT2D eigenvalue weighted by Gasteiger charge is 2.08. The quantitative estimate of drug-likeness (QED) is 0.433. The molecule has 0 aromatic carbocycles. The van der Waals surface area contributed by atoms with Gasteiger partial charge in [0.05, 0.1) is 6.61 Å². The Bertz CT molecular complexity index is 473. The molecule has 2 aromatic rings. The first-order chi connectivity index (χ1) is 8.33. The number of hydrazine groups is 1. The fourth-order valence-corrected chi connectivity index (χ4v) is 1.10. The third-order valence-electron chi connectivity index (χ3n) is 1.76. The number of hydrogen-bond donors (Lipinski definition) is 3. The maximum atomic E-state index is 8.65. The van der Waals surface area contributed by atoms with E-state index in [-0.39, 0.29) is 31.1 Å². The zero-order valence-corrected chi connectivity index (χ0v) is 8.82. The first-order valence-electron chi connectivity index (χ1n) is 4.80. The van der Waals surface area contributed by atoms with Crippen LogP contribution in [0.2, 0.25) is 0 Å². The number of nitrogens with two attached hydrogens (primary N) is 1. The van der Waals surface area contributed by atoms with Gasteiger partial charge in [-0.15, -0.1) is 0 Å². The summed E-state index contributed by atoms with van der Waals surface area (Å²) in [6.45, 7) is -0.0409. The number of nitrogens with one attached hydrogen (secondary N) is 1. The van der Waals surface area contributed by atoms with E-state index in [4.69, 9.17) is 15.7 Å². The van der Waals surface area contributed by atoms with Crippen molar-refractivity contribution in [2.24, 2.45) is 5.84 Å². The SMILES string of the molecule is NNc1nc(OCCO)nc(-n2cccn2)n1. The Morgan fingerprint density at radius 2 is 2.29 bits per heavy atom. The van der Waals surface area contributed by atoms with E-state index < -0.39 is 0 Å². The highest BCUT2D eigenvalue weighted by atomic mass is 16.5. The maximum Gasteiger partial charge on any atom is 0.323 e. The predicted molar refractivity (Wildman–Crippen MR) is 57.3 cm³/mol. The van der Waals surface area contributed by atoms with Gasteiger partial charge >= 0.3 is 6.01 Å². The third-order valence-corrected chi connectivity index (χ3v) is 1.76. The lowest BCUT2D eigenvalue weighted by molar-refractivity contribution is 0.191. The molecule has 0 aliphatic heterocycles. The van der Waals surface area contributed by atoms with Gasteiger partial charge in [-0.1, -0.05) is 0 Å². The number of rotatable bonds is 5. The fourth-order valence-electron chi connectivity index (χ4n) is 1.10. The normalized spacial score (nSPS) is 10.2. The molecule has 0 aliphatic rings. The molecule has 0 atom stereocenters. The van der Waals surface area contributed by atoms with Crippen molar-refractivity contribution in [3.05, 3.63) is 18.5 Å². The summed E-state index contributed by atoms with van der Waals surface area (Å²) in [5.41, 5.74) is 2.30. The molecule has 0 aliphatic carbocycles. The predicted octanol–water partition coefficient (Wildman–Crippen LogP) is -1.29. The van der Waals surface area contributed by atoms with Gasteiger partial charge in [-0.05, 0) is 6.07 Å². The Balaban J connectivity index is 2.32. The van der Waals surface area contributed by atoms with Gasteiger partial charge in [0.15, 0.2) is 0 Å². The van der Waals surface area contributed by atoms with Crippen molar-refractivity contribution in [2.75, 3.05) is 18.6 Å². The number of ether oxygens (including phenoxy) is 1. The number of nitrogen functional groups attached to an aromatic ring is 1. The van der Waals surface area contributed by atoms with Gasteiger partial charge < -0.3 is 9.84 Å². The maximum absolute atomic E-state index is 8.65. The Labute approximate surface area is 96.3 Å². The van der Waals surface area contributed by atoms with Crippen LogP contribution in [0.3, 0.4) is 0 Å². The number of nitrogens with zero attached hydrogens (tertiary/aromatic N) is 5. The Kier molecular flexibility index (Phi) is 3.43. The second-order valence-electron chi connectivity index (χ2n) is 2.91. The molecular formula is C8H11N7O2. The van der Waals surface area contributed by atoms with Gasteiger partial charge in [-0.25, -0.2) is 10.5 Å². The Hall–Kier alpha value is -2.26. The molecule has 0 fully saturated rings. The van der Waals surface area contributed by atoms with E-state index in [2.05, 4.69) is 25.5 Å². The van der Waals surface area contributed by atoms with Crippen LogP contribution in [0, 0.1) is 0 Å². The lowest BCUT2D eigenvalue weighted by atomic mass is 10.7. The molecule has 2 rings (SSSR count). The zero-order chi connectivity index (χ0) is 12.1. The lowest BCUT2D eigenvalue weighted by Crippen LogP contribution is -2.15. The van der Waals surface area contributed by atoms with Crippen molar-refractivity contribution in [1.29, 1.82) is 0 Å². The molecule has 0 amide bonds. The van der Waals surface area contributed by atoms with Crippen LogP contribution in [0.25, 0.3) is 5.95 Å². The van der Waals surface area contributed by atoms with Crippen molar-refractivity contribution in [1.82, 2.24) is 24.7 Å². The second kappa shape index (κ2) is 5.18. The number of hydrogen-bond acceptors (Lipinski definition) is 8. The largest absolute Gasteiger partial charge is 0.461 e. The van der Waals surface area contributed by atoms with Gasteiger partial charge in [0.2, 0.25) is 5.95 Å². The minimum atomic E-state index is -0.131. The molecule has 9 heteroatoms. The first kappa shape index (κ1) is 11.2. The Morgan fingerprint density at radius 3 is 2.94 bits per heavy atom. The molecule has 0 saturated carbocycles. The summed E-state index contributed by atoms with van der Waals surface area (Å²) >= 11 is 0. The van der Waals surface area contributed by atoms with E-state index in [1.165, 1.54) is 4.68 Å². The van der Waals surface area contributed by atoms with Gasteiger partial charge in [0.25, 0.3) is 5.95 Å². The molecule has 2 heterocycles. The molecule has 0 unspecified atom stereocenters. The molecule has 2 aromatic heterocycles. The van der Waals surface area contributed by atoms with Crippen LogP contribution in [0.4, 0.5) is 5.95 Å². The molecule has 0 spiro atoms. The summed E-state index contributed by atoms with van der Waals surface area (Å²) in [4.78, 5) is 11.9. The average Bonchev–Trinajstić information content (AvgIpc) is 2.89. The van der Waals surface area contributed by atoms with E-state index in [0.717, 1.165) is 0 Å². The minimum absolute atomic E-state index is 0.0625. The van der Waals surface area contributed by atoms with Gasteiger partial charge in [-0.3, -0.25) is 5.43 Å². The molecule has 9 nitrogen and oxygen atoms in total.